The molecule has 9 heteroatoms. The molecular weight excluding hydrogens is 476 g/mol. The minimum absolute atomic E-state index is 0.0604. The van der Waals surface area contributed by atoms with Crippen LogP contribution in [0.4, 0.5) is 5.69 Å². The summed E-state index contributed by atoms with van der Waals surface area (Å²) in [7, 11) is 0. The molecule has 1 amide bonds. The standard InChI is InChI=1S/C27H30N4O4S/c1-15-24(16(2)32)25(20-5-3-4-6-22(20)31(34)35)21(13-28)26(29-15)36-14-23(33)30-27-10-17-7-18(11-27)9-19(8-17)12-27/h3-6,17-19,25,29H,7-12,14H2,1-2H3,(H,30,33)/t17?,18?,19?,25-,27?/m0/s1. The molecule has 8 nitrogen and oxygen atoms in total. The molecule has 4 aliphatic carbocycles. The zero-order valence-corrected chi connectivity index (χ0v) is 21.3. The zero-order chi connectivity index (χ0) is 25.6. The van der Waals surface area contributed by atoms with Crippen molar-refractivity contribution >= 4 is 29.1 Å². The van der Waals surface area contributed by atoms with Crippen LogP contribution in [0.1, 0.15) is 63.9 Å². The SMILES string of the molecule is CC(=O)C1=C(C)NC(SCC(=O)NC23CC4CC(CC(C4)C2)C3)=C(C#N)[C@@H]1c1ccccc1[N+](=O)[O-]. The van der Waals surface area contributed by atoms with Crippen LogP contribution in [-0.2, 0) is 9.59 Å². The number of nitrogens with zero attached hydrogens (tertiary/aromatic N) is 2. The molecule has 188 valence electrons. The average Bonchev–Trinajstić information content (AvgIpc) is 2.80. The highest BCUT2D eigenvalue weighted by molar-refractivity contribution is 8.03. The molecule has 0 unspecified atom stereocenters. The second-order valence-electron chi connectivity index (χ2n) is 10.9. The molecule has 1 aliphatic heterocycles. The summed E-state index contributed by atoms with van der Waals surface area (Å²) in [5.74, 6) is 1.09. The molecule has 1 aromatic carbocycles. The van der Waals surface area contributed by atoms with Gasteiger partial charge in [0, 0.05) is 28.4 Å². The number of allylic oxidation sites excluding steroid dienone is 3. The van der Waals surface area contributed by atoms with Gasteiger partial charge in [-0.3, -0.25) is 19.7 Å². The lowest BCUT2D eigenvalue weighted by Crippen LogP contribution is -2.60. The Morgan fingerprint density at radius 2 is 1.81 bits per heavy atom. The van der Waals surface area contributed by atoms with E-state index in [0.717, 1.165) is 37.0 Å². The topological polar surface area (TPSA) is 125 Å². The number of dihydropyridines is 1. The second-order valence-corrected chi connectivity index (χ2v) is 11.8. The maximum absolute atomic E-state index is 13.1. The number of nitro benzene ring substituents is 1. The molecule has 1 heterocycles. The third kappa shape index (κ3) is 4.43. The van der Waals surface area contributed by atoms with E-state index in [9.17, 15) is 25.0 Å². The first-order valence-electron chi connectivity index (χ1n) is 12.5. The minimum atomic E-state index is -0.871. The Morgan fingerprint density at radius 1 is 1.19 bits per heavy atom. The lowest BCUT2D eigenvalue weighted by Gasteiger charge is -2.56. The van der Waals surface area contributed by atoms with Crippen molar-refractivity contribution in [3.05, 3.63) is 61.8 Å². The fourth-order valence-electron chi connectivity index (χ4n) is 7.44. The third-order valence-electron chi connectivity index (χ3n) is 8.26. The van der Waals surface area contributed by atoms with Gasteiger partial charge >= 0.3 is 0 Å². The number of rotatable bonds is 7. The molecule has 4 saturated carbocycles. The zero-order valence-electron chi connectivity index (χ0n) is 20.5. The van der Waals surface area contributed by atoms with Gasteiger partial charge in [-0.2, -0.15) is 5.26 Å². The molecule has 4 fully saturated rings. The van der Waals surface area contributed by atoms with Crippen LogP contribution >= 0.6 is 11.8 Å². The van der Waals surface area contributed by atoms with Gasteiger partial charge < -0.3 is 10.6 Å². The van der Waals surface area contributed by atoms with Crippen LogP contribution in [0.2, 0.25) is 0 Å². The number of benzene rings is 1. The van der Waals surface area contributed by atoms with Crippen LogP contribution in [0, 0.1) is 39.2 Å². The number of nitro groups is 1. The fourth-order valence-corrected chi connectivity index (χ4v) is 8.33. The number of ketones is 1. The molecule has 0 radical (unpaired) electrons. The van der Waals surface area contributed by atoms with Crippen molar-refractivity contribution in [3.8, 4) is 6.07 Å². The summed E-state index contributed by atoms with van der Waals surface area (Å²) in [5, 5.41) is 28.8. The van der Waals surface area contributed by atoms with Crippen LogP contribution in [0.3, 0.4) is 0 Å². The Morgan fingerprint density at radius 3 is 2.36 bits per heavy atom. The Hall–Kier alpha value is -3.12. The van der Waals surface area contributed by atoms with E-state index in [2.05, 4.69) is 16.7 Å². The molecule has 0 aromatic heterocycles. The lowest BCUT2D eigenvalue weighted by atomic mass is 9.53. The number of carbonyl (C=O) groups excluding carboxylic acids is 2. The summed E-state index contributed by atoms with van der Waals surface area (Å²) in [6, 6.07) is 8.37. The van der Waals surface area contributed by atoms with Gasteiger partial charge in [0.1, 0.15) is 0 Å². The van der Waals surface area contributed by atoms with Crippen molar-refractivity contribution in [2.24, 2.45) is 17.8 Å². The predicted octanol–water partition coefficient (Wildman–Crippen LogP) is 4.70. The van der Waals surface area contributed by atoms with Gasteiger partial charge in [0.2, 0.25) is 5.91 Å². The van der Waals surface area contributed by atoms with E-state index in [0.29, 0.717) is 21.9 Å². The number of nitriles is 1. The smallest absolute Gasteiger partial charge is 0.273 e. The monoisotopic (exact) mass is 506 g/mol. The van der Waals surface area contributed by atoms with Gasteiger partial charge in [-0.1, -0.05) is 30.0 Å². The first kappa shape index (κ1) is 24.6. The van der Waals surface area contributed by atoms with Crippen LogP contribution in [0.25, 0.3) is 0 Å². The van der Waals surface area contributed by atoms with E-state index in [1.54, 1.807) is 25.1 Å². The molecule has 2 N–H and O–H groups in total. The summed E-state index contributed by atoms with van der Waals surface area (Å²) < 4.78 is 0. The Balaban J connectivity index is 1.39. The molecule has 36 heavy (non-hydrogen) atoms. The highest BCUT2D eigenvalue weighted by Gasteiger charge is 2.51. The van der Waals surface area contributed by atoms with Crippen molar-refractivity contribution in [1.29, 1.82) is 5.26 Å². The van der Waals surface area contributed by atoms with Crippen molar-refractivity contribution in [3.63, 3.8) is 0 Å². The molecule has 0 saturated heterocycles. The summed E-state index contributed by atoms with van der Waals surface area (Å²) >= 11 is 1.22. The largest absolute Gasteiger partial charge is 0.353 e. The summed E-state index contributed by atoms with van der Waals surface area (Å²) in [4.78, 5) is 36.9. The number of nitrogens with one attached hydrogen (secondary N) is 2. The Kier molecular flexibility index (Phi) is 6.41. The quantitative estimate of drug-likeness (QED) is 0.406. The van der Waals surface area contributed by atoms with E-state index in [1.165, 1.54) is 44.0 Å². The number of hydrogen-bond donors (Lipinski definition) is 2. The summed E-state index contributed by atoms with van der Waals surface area (Å²) in [6.07, 6.45) is 7.06. The molecule has 5 aliphatic rings. The van der Waals surface area contributed by atoms with Crippen LogP contribution in [0.15, 0.2) is 46.1 Å². The normalized spacial score (nSPS) is 30.6. The number of thioether (sulfide) groups is 1. The number of carbonyl (C=O) groups is 2. The van der Waals surface area contributed by atoms with E-state index in [-0.39, 0.29) is 34.2 Å². The van der Waals surface area contributed by atoms with Gasteiger partial charge in [0.15, 0.2) is 5.78 Å². The van der Waals surface area contributed by atoms with E-state index >= 15 is 0 Å². The number of Topliss-reactive ketones (excluding diaryl/α,β-unsaturated/α-hetero) is 1. The van der Waals surface area contributed by atoms with Crippen LogP contribution in [0.5, 0.6) is 0 Å². The van der Waals surface area contributed by atoms with Crippen molar-refractivity contribution < 1.29 is 14.5 Å². The highest BCUT2D eigenvalue weighted by Crippen LogP contribution is 2.55. The second kappa shape index (κ2) is 9.40. The number of hydrogen-bond acceptors (Lipinski definition) is 7. The maximum atomic E-state index is 13.1. The fraction of sp³-hybridized carbons (Fsp3) is 0.519. The minimum Gasteiger partial charge on any atom is -0.353 e. The first-order chi connectivity index (χ1) is 17.2. The maximum Gasteiger partial charge on any atom is 0.273 e. The number of para-hydroxylation sites is 1. The Labute approximate surface area is 214 Å². The van der Waals surface area contributed by atoms with Gasteiger partial charge in [-0.05, 0) is 70.1 Å². The molecule has 4 bridgehead atoms. The lowest BCUT2D eigenvalue weighted by molar-refractivity contribution is -0.385. The highest BCUT2D eigenvalue weighted by atomic mass is 32.2. The van der Waals surface area contributed by atoms with Crippen molar-refractivity contribution in [2.75, 3.05) is 5.75 Å². The van der Waals surface area contributed by atoms with Gasteiger partial charge in [-0.25, -0.2) is 0 Å². The molecule has 1 aromatic rings. The molecule has 6 rings (SSSR count). The third-order valence-corrected chi connectivity index (χ3v) is 9.28. The van der Waals surface area contributed by atoms with E-state index < -0.39 is 10.8 Å². The van der Waals surface area contributed by atoms with E-state index in [1.807, 2.05) is 0 Å². The van der Waals surface area contributed by atoms with Gasteiger partial charge in [-0.15, -0.1) is 0 Å². The first-order valence-corrected chi connectivity index (χ1v) is 13.5. The van der Waals surface area contributed by atoms with Crippen molar-refractivity contribution in [2.45, 2.75) is 63.8 Å². The summed E-state index contributed by atoms with van der Waals surface area (Å²) in [6.45, 7) is 3.12. The van der Waals surface area contributed by atoms with Crippen molar-refractivity contribution in [1.82, 2.24) is 10.6 Å². The van der Waals surface area contributed by atoms with Gasteiger partial charge in [0.05, 0.1) is 33.3 Å². The molecular formula is C27H30N4O4S. The van der Waals surface area contributed by atoms with E-state index in [4.69, 9.17) is 0 Å². The van der Waals surface area contributed by atoms with Crippen LogP contribution < -0.4 is 10.6 Å². The number of amides is 1. The van der Waals surface area contributed by atoms with Crippen LogP contribution in [-0.4, -0.2) is 27.9 Å². The molecule has 1 atom stereocenters. The summed E-state index contributed by atoms with van der Waals surface area (Å²) in [5.41, 5.74) is 1.13. The Bertz CT molecular complexity index is 1210. The average molecular weight is 507 g/mol. The predicted molar refractivity (Wildman–Crippen MR) is 136 cm³/mol. The molecule has 0 spiro atoms. The van der Waals surface area contributed by atoms with Gasteiger partial charge in [0.25, 0.3) is 5.69 Å².